The molecule has 0 atom stereocenters. The Morgan fingerprint density at radius 1 is 1.55 bits per heavy atom. The van der Waals surface area contributed by atoms with Crippen LogP contribution in [0.4, 0.5) is 0 Å². The van der Waals surface area contributed by atoms with Crippen molar-refractivity contribution in [1.29, 1.82) is 0 Å². The third-order valence-corrected chi connectivity index (χ3v) is 1.59. The molecule has 1 aliphatic rings. The van der Waals surface area contributed by atoms with Crippen molar-refractivity contribution in [2.45, 2.75) is 26.8 Å². The second kappa shape index (κ2) is 3.37. The third-order valence-electron chi connectivity index (χ3n) is 1.59. The van der Waals surface area contributed by atoms with Crippen molar-refractivity contribution in [2.24, 2.45) is 5.10 Å². The van der Waals surface area contributed by atoms with E-state index in [0.29, 0.717) is 6.04 Å². The summed E-state index contributed by atoms with van der Waals surface area (Å²) < 4.78 is 0. The molecular formula is C9H14N2. The maximum atomic E-state index is 4.23. The SMILES string of the molecule is C/C=C1/C=CC=NN1C(C)C. The summed E-state index contributed by atoms with van der Waals surface area (Å²) in [6, 6.07) is 0.433. The van der Waals surface area contributed by atoms with Gasteiger partial charge < -0.3 is 0 Å². The highest BCUT2D eigenvalue weighted by Crippen LogP contribution is 2.13. The van der Waals surface area contributed by atoms with Gasteiger partial charge in [-0.2, -0.15) is 5.10 Å². The summed E-state index contributed by atoms with van der Waals surface area (Å²) in [7, 11) is 0. The second-order valence-electron chi connectivity index (χ2n) is 2.78. The van der Waals surface area contributed by atoms with Gasteiger partial charge in [-0.1, -0.05) is 6.08 Å². The van der Waals surface area contributed by atoms with Crippen molar-refractivity contribution >= 4 is 6.21 Å². The van der Waals surface area contributed by atoms with Crippen LogP contribution in [0.3, 0.4) is 0 Å². The van der Waals surface area contributed by atoms with E-state index in [4.69, 9.17) is 0 Å². The van der Waals surface area contributed by atoms with Crippen LogP contribution < -0.4 is 0 Å². The first-order valence-electron chi connectivity index (χ1n) is 3.92. The Morgan fingerprint density at radius 3 is 2.73 bits per heavy atom. The topological polar surface area (TPSA) is 15.6 Å². The van der Waals surface area contributed by atoms with Gasteiger partial charge in [0.1, 0.15) is 0 Å². The molecule has 1 heterocycles. The van der Waals surface area contributed by atoms with E-state index in [0.717, 1.165) is 0 Å². The highest BCUT2D eigenvalue weighted by molar-refractivity contribution is 5.73. The molecule has 2 heteroatoms. The standard InChI is InChI=1S/C9H14N2/c1-4-9-6-5-7-10-11(9)8(2)3/h4-8H,1-3H3/b9-4-. The van der Waals surface area contributed by atoms with Gasteiger partial charge in [0.25, 0.3) is 0 Å². The summed E-state index contributed by atoms with van der Waals surface area (Å²) in [5, 5.41) is 6.23. The molecule has 60 valence electrons. The van der Waals surface area contributed by atoms with E-state index >= 15 is 0 Å². The molecule has 0 aromatic carbocycles. The van der Waals surface area contributed by atoms with Gasteiger partial charge in [-0.05, 0) is 32.9 Å². The monoisotopic (exact) mass is 150 g/mol. The summed E-state index contributed by atoms with van der Waals surface area (Å²) in [5.41, 5.74) is 1.17. The Balaban J connectivity index is 2.80. The molecule has 0 bridgehead atoms. The molecule has 2 nitrogen and oxygen atoms in total. The van der Waals surface area contributed by atoms with E-state index in [9.17, 15) is 0 Å². The van der Waals surface area contributed by atoms with Crippen molar-refractivity contribution < 1.29 is 0 Å². The molecule has 0 amide bonds. The molecular weight excluding hydrogens is 136 g/mol. The van der Waals surface area contributed by atoms with Crippen LogP contribution in [0.15, 0.2) is 29.0 Å². The zero-order valence-electron chi connectivity index (χ0n) is 7.28. The van der Waals surface area contributed by atoms with Crippen LogP contribution in [0.2, 0.25) is 0 Å². The van der Waals surface area contributed by atoms with Crippen LogP contribution in [0.5, 0.6) is 0 Å². The minimum Gasteiger partial charge on any atom is -0.263 e. The van der Waals surface area contributed by atoms with Crippen LogP contribution in [-0.4, -0.2) is 17.3 Å². The molecule has 0 fully saturated rings. The lowest BCUT2D eigenvalue weighted by Gasteiger charge is -2.25. The van der Waals surface area contributed by atoms with E-state index in [1.54, 1.807) is 0 Å². The molecule has 1 rings (SSSR count). The van der Waals surface area contributed by atoms with Crippen LogP contribution in [0.25, 0.3) is 0 Å². The lowest BCUT2D eigenvalue weighted by atomic mass is 10.2. The van der Waals surface area contributed by atoms with Crippen molar-refractivity contribution in [3.63, 3.8) is 0 Å². The lowest BCUT2D eigenvalue weighted by Crippen LogP contribution is -2.25. The van der Waals surface area contributed by atoms with Crippen molar-refractivity contribution in [3.8, 4) is 0 Å². The number of hydrazone groups is 1. The highest BCUT2D eigenvalue weighted by Gasteiger charge is 2.09. The fourth-order valence-corrected chi connectivity index (χ4v) is 1.05. The molecule has 0 saturated heterocycles. The molecule has 0 aliphatic carbocycles. The van der Waals surface area contributed by atoms with Gasteiger partial charge in [-0.15, -0.1) is 0 Å². The van der Waals surface area contributed by atoms with Crippen molar-refractivity contribution in [1.82, 2.24) is 5.01 Å². The minimum absolute atomic E-state index is 0.433. The fourth-order valence-electron chi connectivity index (χ4n) is 1.05. The number of rotatable bonds is 1. The van der Waals surface area contributed by atoms with Gasteiger partial charge in [-0.3, -0.25) is 5.01 Å². The Kier molecular flexibility index (Phi) is 2.47. The summed E-state index contributed by atoms with van der Waals surface area (Å²) >= 11 is 0. The Bertz CT molecular complexity index is 212. The Labute approximate surface area is 67.9 Å². The first kappa shape index (κ1) is 8.05. The number of nitrogens with zero attached hydrogens (tertiary/aromatic N) is 2. The maximum Gasteiger partial charge on any atom is 0.0554 e. The average molecular weight is 150 g/mol. The number of hydrogen-bond donors (Lipinski definition) is 0. The normalized spacial score (nSPS) is 20.4. The van der Waals surface area contributed by atoms with E-state index in [1.807, 2.05) is 24.2 Å². The van der Waals surface area contributed by atoms with Crippen LogP contribution in [0.1, 0.15) is 20.8 Å². The molecule has 0 saturated carbocycles. The van der Waals surface area contributed by atoms with Gasteiger partial charge in [0.05, 0.1) is 5.70 Å². The molecule has 0 radical (unpaired) electrons. The summed E-state index contributed by atoms with van der Waals surface area (Å²) in [4.78, 5) is 0. The van der Waals surface area contributed by atoms with Gasteiger partial charge in [0.15, 0.2) is 0 Å². The summed E-state index contributed by atoms with van der Waals surface area (Å²) in [6.45, 7) is 6.27. The molecule has 0 spiro atoms. The van der Waals surface area contributed by atoms with E-state index in [1.165, 1.54) is 5.70 Å². The molecule has 1 aliphatic heterocycles. The largest absolute Gasteiger partial charge is 0.263 e. The summed E-state index contributed by atoms with van der Waals surface area (Å²) in [5.74, 6) is 0. The third kappa shape index (κ3) is 1.70. The van der Waals surface area contributed by atoms with Gasteiger partial charge in [-0.25, -0.2) is 0 Å². The quantitative estimate of drug-likeness (QED) is 0.559. The summed E-state index contributed by atoms with van der Waals surface area (Å²) in [6.07, 6.45) is 7.89. The first-order chi connectivity index (χ1) is 5.25. The molecule has 0 aromatic rings. The molecule has 0 aromatic heterocycles. The van der Waals surface area contributed by atoms with Gasteiger partial charge in [0, 0.05) is 12.3 Å². The van der Waals surface area contributed by atoms with Gasteiger partial charge >= 0.3 is 0 Å². The molecule has 0 unspecified atom stereocenters. The fraction of sp³-hybridized carbons (Fsp3) is 0.444. The highest BCUT2D eigenvalue weighted by atomic mass is 15.5. The first-order valence-corrected chi connectivity index (χ1v) is 3.92. The second-order valence-corrected chi connectivity index (χ2v) is 2.78. The maximum absolute atomic E-state index is 4.23. The van der Waals surface area contributed by atoms with Crippen molar-refractivity contribution in [3.05, 3.63) is 23.9 Å². The van der Waals surface area contributed by atoms with E-state index < -0.39 is 0 Å². The zero-order valence-corrected chi connectivity index (χ0v) is 7.28. The van der Waals surface area contributed by atoms with Crippen molar-refractivity contribution in [2.75, 3.05) is 0 Å². The minimum atomic E-state index is 0.433. The number of allylic oxidation sites excluding steroid dienone is 3. The van der Waals surface area contributed by atoms with Crippen LogP contribution in [0, 0.1) is 0 Å². The average Bonchev–Trinajstić information content (AvgIpc) is 2.04. The molecule has 11 heavy (non-hydrogen) atoms. The Hall–Kier alpha value is -1.05. The predicted octanol–water partition coefficient (Wildman–Crippen LogP) is 2.16. The number of hydrogen-bond acceptors (Lipinski definition) is 2. The molecule has 0 N–H and O–H groups in total. The van der Waals surface area contributed by atoms with E-state index in [2.05, 4.69) is 31.1 Å². The van der Waals surface area contributed by atoms with Crippen LogP contribution >= 0.6 is 0 Å². The lowest BCUT2D eigenvalue weighted by molar-refractivity contribution is 0.307. The predicted molar refractivity (Wildman–Crippen MR) is 48.4 cm³/mol. The van der Waals surface area contributed by atoms with Gasteiger partial charge in [0.2, 0.25) is 0 Å². The van der Waals surface area contributed by atoms with E-state index in [-0.39, 0.29) is 0 Å². The Morgan fingerprint density at radius 2 is 2.27 bits per heavy atom. The van der Waals surface area contributed by atoms with Crippen LogP contribution in [-0.2, 0) is 0 Å². The zero-order chi connectivity index (χ0) is 8.27. The smallest absolute Gasteiger partial charge is 0.0554 e.